The van der Waals surface area contributed by atoms with Gasteiger partial charge in [-0.2, -0.15) is 0 Å². The van der Waals surface area contributed by atoms with Gasteiger partial charge in [0.15, 0.2) is 6.61 Å². The predicted molar refractivity (Wildman–Crippen MR) is 83.4 cm³/mol. The van der Waals surface area contributed by atoms with E-state index in [-0.39, 0.29) is 12.5 Å². The van der Waals surface area contributed by atoms with Gasteiger partial charge in [0.2, 0.25) is 0 Å². The molecule has 1 saturated carbocycles. The average molecular weight is 288 g/mol. The average Bonchev–Trinajstić information content (AvgIpc) is 2.46. The first kappa shape index (κ1) is 14.4. The maximum absolute atomic E-state index is 11.4. The largest absolute Gasteiger partial charge is 0.482 e. The van der Waals surface area contributed by atoms with Gasteiger partial charge in [0.1, 0.15) is 5.75 Å². The third-order valence-corrected chi connectivity index (χ3v) is 4.68. The van der Waals surface area contributed by atoms with Gasteiger partial charge in [0, 0.05) is 12.6 Å². The van der Waals surface area contributed by atoms with E-state index in [4.69, 9.17) is 4.74 Å². The van der Waals surface area contributed by atoms with Crippen molar-refractivity contribution in [3.05, 3.63) is 23.8 Å². The number of benzene rings is 1. The zero-order valence-electron chi connectivity index (χ0n) is 12.8. The van der Waals surface area contributed by atoms with E-state index in [1.165, 1.54) is 24.8 Å². The highest BCUT2D eigenvalue weighted by molar-refractivity contribution is 5.95. The number of rotatable bonds is 3. The second-order valence-corrected chi connectivity index (χ2v) is 6.55. The first-order valence-corrected chi connectivity index (χ1v) is 7.91. The molecule has 0 bridgehead atoms. The Morgan fingerprint density at radius 1 is 1.33 bits per heavy atom. The van der Waals surface area contributed by atoms with Crippen LogP contribution in [0.3, 0.4) is 0 Å². The van der Waals surface area contributed by atoms with Crippen LogP contribution in [0.4, 0.5) is 5.69 Å². The van der Waals surface area contributed by atoms with E-state index < -0.39 is 0 Å². The SMILES string of the molecule is CC1CCC(NCc2ccc3c(c2)NC(=O)CO3)C(C)C1. The Kier molecular flexibility index (Phi) is 4.15. The second-order valence-electron chi connectivity index (χ2n) is 6.55. The van der Waals surface area contributed by atoms with E-state index >= 15 is 0 Å². The van der Waals surface area contributed by atoms with Crippen molar-refractivity contribution < 1.29 is 9.53 Å². The van der Waals surface area contributed by atoms with Crippen LogP contribution in [0.25, 0.3) is 0 Å². The number of hydrogen-bond donors (Lipinski definition) is 2. The third-order valence-electron chi connectivity index (χ3n) is 4.68. The molecule has 3 unspecified atom stereocenters. The normalized spacial score (nSPS) is 28.5. The van der Waals surface area contributed by atoms with Crippen LogP contribution < -0.4 is 15.4 Å². The Balaban J connectivity index is 1.61. The molecule has 1 heterocycles. The Morgan fingerprint density at radius 2 is 2.19 bits per heavy atom. The summed E-state index contributed by atoms with van der Waals surface area (Å²) in [6.45, 7) is 5.64. The lowest BCUT2D eigenvalue weighted by Gasteiger charge is -2.33. The molecule has 3 rings (SSSR count). The molecule has 1 aliphatic heterocycles. The Bertz CT molecular complexity index is 530. The molecule has 0 radical (unpaired) electrons. The molecule has 2 N–H and O–H groups in total. The van der Waals surface area contributed by atoms with E-state index in [0.717, 1.165) is 29.8 Å². The molecule has 2 aliphatic rings. The Hall–Kier alpha value is -1.55. The second kappa shape index (κ2) is 6.06. The van der Waals surface area contributed by atoms with Crippen LogP contribution in [0.1, 0.15) is 38.7 Å². The molecule has 114 valence electrons. The van der Waals surface area contributed by atoms with E-state index in [2.05, 4.69) is 30.5 Å². The molecular weight excluding hydrogens is 264 g/mol. The molecule has 1 aromatic rings. The molecule has 21 heavy (non-hydrogen) atoms. The molecule has 1 fully saturated rings. The monoisotopic (exact) mass is 288 g/mol. The molecule has 1 amide bonds. The van der Waals surface area contributed by atoms with Crippen molar-refractivity contribution in [1.29, 1.82) is 0 Å². The molecule has 0 aromatic heterocycles. The van der Waals surface area contributed by atoms with Crippen molar-refractivity contribution in [2.45, 2.75) is 45.7 Å². The summed E-state index contributed by atoms with van der Waals surface area (Å²) in [7, 11) is 0. The number of amides is 1. The van der Waals surface area contributed by atoms with Gasteiger partial charge < -0.3 is 15.4 Å². The first-order valence-electron chi connectivity index (χ1n) is 7.91. The molecule has 3 atom stereocenters. The van der Waals surface area contributed by atoms with E-state index in [1.807, 2.05) is 12.1 Å². The number of carbonyl (C=O) groups excluding carboxylic acids is 1. The van der Waals surface area contributed by atoms with Crippen LogP contribution in [0.5, 0.6) is 5.75 Å². The lowest BCUT2D eigenvalue weighted by molar-refractivity contribution is -0.118. The highest BCUT2D eigenvalue weighted by atomic mass is 16.5. The zero-order valence-corrected chi connectivity index (χ0v) is 12.8. The fourth-order valence-corrected chi connectivity index (χ4v) is 3.46. The Labute approximate surface area is 126 Å². The first-order chi connectivity index (χ1) is 10.1. The molecule has 1 aliphatic carbocycles. The fraction of sp³-hybridized carbons (Fsp3) is 0.588. The number of nitrogens with one attached hydrogen (secondary N) is 2. The van der Waals surface area contributed by atoms with Crippen LogP contribution >= 0.6 is 0 Å². The topological polar surface area (TPSA) is 50.4 Å². The zero-order chi connectivity index (χ0) is 14.8. The summed E-state index contributed by atoms with van der Waals surface area (Å²) in [6, 6.07) is 6.62. The van der Waals surface area contributed by atoms with Crippen molar-refractivity contribution in [2.24, 2.45) is 11.8 Å². The van der Waals surface area contributed by atoms with Gasteiger partial charge in [0.25, 0.3) is 5.91 Å². The molecule has 4 nitrogen and oxygen atoms in total. The van der Waals surface area contributed by atoms with Crippen LogP contribution in [0.2, 0.25) is 0 Å². The van der Waals surface area contributed by atoms with Gasteiger partial charge in [0.05, 0.1) is 5.69 Å². The standard InChI is InChI=1S/C17H24N2O2/c1-11-3-5-14(12(2)7-11)18-9-13-4-6-16-15(8-13)19-17(20)10-21-16/h4,6,8,11-12,14,18H,3,5,7,9-10H2,1-2H3,(H,19,20). The van der Waals surface area contributed by atoms with Gasteiger partial charge in [-0.1, -0.05) is 19.9 Å². The van der Waals surface area contributed by atoms with Gasteiger partial charge >= 0.3 is 0 Å². The highest BCUT2D eigenvalue weighted by Gasteiger charge is 2.24. The summed E-state index contributed by atoms with van der Waals surface area (Å²) < 4.78 is 5.38. The summed E-state index contributed by atoms with van der Waals surface area (Å²) in [6.07, 6.45) is 3.88. The number of ether oxygens (including phenoxy) is 1. The number of anilines is 1. The van der Waals surface area contributed by atoms with Gasteiger partial charge in [-0.15, -0.1) is 0 Å². The minimum atomic E-state index is -0.0810. The quantitative estimate of drug-likeness (QED) is 0.899. The minimum Gasteiger partial charge on any atom is -0.482 e. The number of hydrogen-bond acceptors (Lipinski definition) is 3. The van der Waals surface area contributed by atoms with E-state index in [9.17, 15) is 4.79 Å². The smallest absolute Gasteiger partial charge is 0.262 e. The highest BCUT2D eigenvalue weighted by Crippen LogP contribution is 2.30. The van der Waals surface area contributed by atoms with Crippen LogP contribution in [0, 0.1) is 11.8 Å². The van der Waals surface area contributed by atoms with E-state index in [0.29, 0.717) is 6.04 Å². The molecular formula is C17H24N2O2. The minimum absolute atomic E-state index is 0.0810. The van der Waals surface area contributed by atoms with Crippen molar-refractivity contribution >= 4 is 11.6 Å². The molecule has 1 aromatic carbocycles. The molecule has 0 spiro atoms. The van der Waals surface area contributed by atoms with Gasteiger partial charge in [-0.05, 0) is 48.8 Å². The van der Waals surface area contributed by atoms with Gasteiger partial charge in [-0.25, -0.2) is 0 Å². The van der Waals surface area contributed by atoms with E-state index in [1.54, 1.807) is 0 Å². The molecule has 4 heteroatoms. The molecule has 0 saturated heterocycles. The van der Waals surface area contributed by atoms with Crippen LogP contribution in [-0.2, 0) is 11.3 Å². The predicted octanol–water partition coefficient (Wildman–Crippen LogP) is 2.93. The lowest BCUT2D eigenvalue weighted by atomic mass is 9.80. The van der Waals surface area contributed by atoms with Gasteiger partial charge in [-0.3, -0.25) is 4.79 Å². The van der Waals surface area contributed by atoms with Crippen molar-refractivity contribution in [2.75, 3.05) is 11.9 Å². The summed E-state index contributed by atoms with van der Waals surface area (Å²) >= 11 is 0. The summed E-state index contributed by atoms with van der Waals surface area (Å²) in [5, 5.41) is 6.53. The fourth-order valence-electron chi connectivity index (χ4n) is 3.46. The summed E-state index contributed by atoms with van der Waals surface area (Å²) in [5.41, 5.74) is 1.97. The van der Waals surface area contributed by atoms with Crippen LogP contribution in [-0.4, -0.2) is 18.6 Å². The van der Waals surface area contributed by atoms with Crippen molar-refractivity contribution in [1.82, 2.24) is 5.32 Å². The maximum atomic E-state index is 11.4. The Morgan fingerprint density at radius 3 is 3.00 bits per heavy atom. The van der Waals surface area contributed by atoms with Crippen molar-refractivity contribution in [3.63, 3.8) is 0 Å². The summed E-state index contributed by atoms with van der Waals surface area (Å²) in [4.78, 5) is 11.4. The maximum Gasteiger partial charge on any atom is 0.262 e. The van der Waals surface area contributed by atoms with Crippen molar-refractivity contribution in [3.8, 4) is 5.75 Å². The van der Waals surface area contributed by atoms with Crippen LogP contribution in [0.15, 0.2) is 18.2 Å². The lowest BCUT2D eigenvalue weighted by Crippen LogP contribution is -2.38. The number of fused-ring (bicyclic) bond motifs is 1. The number of carbonyl (C=O) groups is 1. The summed E-state index contributed by atoms with van der Waals surface area (Å²) in [5.74, 6) is 2.27. The third kappa shape index (κ3) is 3.38.